The van der Waals surface area contributed by atoms with Crippen LogP contribution >= 0.6 is 0 Å². The van der Waals surface area contributed by atoms with Crippen LogP contribution in [0.5, 0.6) is 0 Å². The Kier molecular flexibility index (Phi) is 19.8. The van der Waals surface area contributed by atoms with E-state index in [1.54, 1.807) is 0 Å². The second-order valence-corrected chi connectivity index (χ2v) is 24.2. The van der Waals surface area contributed by atoms with Crippen LogP contribution < -0.4 is 13.2 Å². The summed E-state index contributed by atoms with van der Waals surface area (Å²) in [6, 6.07) is 32.8. The molecule has 0 unspecified atom stereocenters. The van der Waals surface area contributed by atoms with Crippen molar-refractivity contribution in [1.82, 2.24) is 0 Å². The van der Waals surface area contributed by atoms with E-state index in [-0.39, 0.29) is 0 Å². The number of hydrogen-bond donors (Lipinski definition) is 0. The zero-order chi connectivity index (χ0) is 24.9. The Bertz CT molecular complexity index is 712. The van der Waals surface area contributed by atoms with Crippen LogP contribution in [0, 0.1) is 0 Å². The molecule has 0 fully saturated rings. The van der Waals surface area contributed by atoms with Crippen molar-refractivity contribution in [2.75, 3.05) is 13.2 Å². The summed E-state index contributed by atoms with van der Waals surface area (Å²) < 4.78 is 9.81. The summed E-state index contributed by atoms with van der Waals surface area (Å²) in [5.74, 6) is 0. The van der Waals surface area contributed by atoms with Crippen molar-refractivity contribution in [1.29, 1.82) is 0 Å². The summed E-state index contributed by atoms with van der Waals surface area (Å²) in [4.78, 5) is 0. The Hall–Kier alpha value is -0.751. The molecule has 1 nitrogen and oxygen atoms in total. The quantitative estimate of drug-likeness (QED) is 0.176. The molecule has 4 radical (unpaired) electrons. The molecule has 0 N–H and O–H groups in total. The molecule has 3 aromatic rings. The van der Waals surface area contributed by atoms with E-state index < -0.39 is 28.7 Å². The van der Waals surface area contributed by atoms with E-state index in [0.717, 1.165) is 13.2 Å². The van der Waals surface area contributed by atoms with Crippen molar-refractivity contribution >= 4 is 57.3 Å². The Morgan fingerprint density at radius 1 is 0.588 bits per heavy atom. The Labute approximate surface area is 225 Å². The molecule has 0 saturated heterocycles. The first-order chi connectivity index (χ1) is 16.7. The standard InChI is InChI=1S/C18H15Ge.C8H19GeO.C4H10Ge/c1-4-10-16(11-5-1)19(17-12-6-2-7-13-17)18-14-8-3-9-15-18;1-4-9(5-2)7-8-10-6-3;1-3-5-4-2/h1-15H;4-8H2,1-3H3;3-4H2,1-2H3. The zero-order valence-electron chi connectivity index (χ0n) is 22.0. The van der Waals surface area contributed by atoms with Gasteiger partial charge in [-0.2, -0.15) is 0 Å². The molecular formula is C30H44Ge3O. The molecule has 182 valence electrons. The zero-order valence-corrected chi connectivity index (χ0v) is 28.3. The summed E-state index contributed by atoms with van der Waals surface area (Å²) in [6.45, 7) is 13.2. The van der Waals surface area contributed by atoms with Gasteiger partial charge in [-0.05, 0) is 0 Å². The molecule has 0 aliphatic heterocycles. The maximum atomic E-state index is 5.31. The fraction of sp³-hybridized carbons (Fsp3) is 0.400. The van der Waals surface area contributed by atoms with E-state index in [1.807, 2.05) is 0 Å². The fourth-order valence-corrected chi connectivity index (χ4v) is 13.4. The predicted octanol–water partition coefficient (Wildman–Crippen LogP) is 6.33. The van der Waals surface area contributed by atoms with Crippen LogP contribution in [0.1, 0.15) is 34.6 Å². The van der Waals surface area contributed by atoms with Crippen molar-refractivity contribution in [2.45, 2.75) is 60.9 Å². The van der Waals surface area contributed by atoms with Gasteiger partial charge in [0, 0.05) is 0 Å². The Morgan fingerprint density at radius 2 is 0.971 bits per heavy atom. The molecule has 0 spiro atoms. The molecule has 0 aliphatic carbocycles. The molecular weight excluding hydrogens is 594 g/mol. The van der Waals surface area contributed by atoms with Gasteiger partial charge in [0.2, 0.25) is 0 Å². The van der Waals surface area contributed by atoms with Crippen LogP contribution in [-0.2, 0) is 4.74 Å². The molecule has 3 aromatic carbocycles. The third-order valence-electron chi connectivity index (χ3n) is 5.49. The molecule has 0 saturated carbocycles. The van der Waals surface area contributed by atoms with Gasteiger partial charge in [0.25, 0.3) is 0 Å². The predicted molar refractivity (Wildman–Crippen MR) is 159 cm³/mol. The molecule has 34 heavy (non-hydrogen) atoms. The maximum absolute atomic E-state index is 5.31. The van der Waals surface area contributed by atoms with Crippen LogP contribution in [0.2, 0.25) is 26.3 Å². The fourth-order valence-electron chi connectivity index (χ4n) is 3.53. The van der Waals surface area contributed by atoms with Gasteiger partial charge >= 0.3 is 227 Å². The van der Waals surface area contributed by atoms with Crippen molar-refractivity contribution < 1.29 is 4.74 Å². The van der Waals surface area contributed by atoms with Gasteiger partial charge in [0.15, 0.2) is 0 Å². The summed E-state index contributed by atoms with van der Waals surface area (Å²) in [5.41, 5.74) is 0. The average Bonchev–Trinajstić information content (AvgIpc) is 2.90. The van der Waals surface area contributed by atoms with Crippen LogP contribution in [-0.4, -0.2) is 57.3 Å². The molecule has 0 heterocycles. The number of benzene rings is 3. The Morgan fingerprint density at radius 3 is 1.24 bits per heavy atom. The number of hydrogen-bond acceptors (Lipinski definition) is 1. The molecule has 0 amide bonds. The van der Waals surface area contributed by atoms with Gasteiger partial charge in [-0.25, -0.2) is 0 Å². The van der Waals surface area contributed by atoms with Crippen LogP contribution in [0.4, 0.5) is 0 Å². The SMILES string of the molecule is CCOC[CH2][Ge]([CH2]C)[CH2]C.C[CH2][Ge][CH2]C.c1cc[c]([Ge]([c]2ccccc2)[c]2ccccc2)cc1. The topological polar surface area (TPSA) is 9.23 Å². The molecule has 0 bridgehead atoms. The van der Waals surface area contributed by atoms with E-state index in [0.29, 0.717) is 15.4 Å². The van der Waals surface area contributed by atoms with Crippen LogP contribution in [0.15, 0.2) is 91.0 Å². The average molecular weight is 639 g/mol. The normalized spacial score (nSPS) is 10.3. The molecule has 3 rings (SSSR count). The first kappa shape index (κ1) is 31.3. The van der Waals surface area contributed by atoms with Gasteiger partial charge < -0.3 is 0 Å². The third kappa shape index (κ3) is 13.4. The monoisotopic (exact) mass is 642 g/mol. The second kappa shape index (κ2) is 21.5. The minimum absolute atomic E-state index is 0.528. The van der Waals surface area contributed by atoms with Crippen molar-refractivity contribution in [3.05, 3.63) is 91.0 Å². The molecule has 4 heteroatoms. The van der Waals surface area contributed by atoms with Gasteiger partial charge in [0.1, 0.15) is 0 Å². The van der Waals surface area contributed by atoms with Gasteiger partial charge in [0.05, 0.1) is 0 Å². The van der Waals surface area contributed by atoms with Gasteiger partial charge in [-0.3, -0.25) is 0 Å². The summed E-state index contributed by atoms with van der Waals surface area (Å²) >= 11 is -1.70. The second-order valence-electron chi connectivity index (χ2n) is 7.83. The minimum atomic E-state index is -1.63. The molecule has 0 aliphatic rings. The van der Waals surface area contributed by atoms with Crippen molar-refractivity contribution in [3.63, 3.8) is 0 Å². The van der Waals surface area contributed by atoms with E-state index in [4.69, 9.17) is 4.74 Å². The van der Waals surface area contributed by atoms with E-state index in [9.17, 15) is 0 Å². The van der Waals surface area contributed by atoms with Gasteiger partial charge in [-0.15, -0.1) is 0 Å². The van der Waals surface area contributed by atoms with E-state index in [1.165, 1.54) is 39.5 Å². The Balaban J connectivity index is 0.000000325. The molecule has 0 aromatic heterocycles. The third-order valence-corrected chi connectivity index (χ3v) is 19.4. The van der Waals surface area contributed by atoms with Gasteiger partial charge in [-0.1, -0.05) is 0 Å². The first-order valence-corrected chi connectivity index (χ1v) is 23.4. The summed E-state index contributed by atoms with van der Waals surface area (Å²) in [6.07, 6.45) is 0. The van der Waals surface area contributed by atoms with E-state index >= 15 is 0 Å². The van der Waals surface area contributed by atoms with Crippen molar-refractivity contribution in [2.24, 2.45) is 0 Å². The van der Waals surface area contributed by atoms with Crippen LogP contribution in [0.3, 0.4) is 0 Å². The molecule has 0 atom stereocenters. The number of ether oxygens (including phenoxy) is 1. The summed E-state index contributed by atoms with van der Waals surface area (Å²) in [7, 11) is 0. The number of rotatable bonds is 11. The van der Waals surface area contributed by atoms with Crippen molar-refractivity contribution in [3.8, 4) is 0 Å². The van der Waals surface area contributed by atoms with Crippen LogP contribution in [0.25, 0.3) is 0 Å². The first-order valence-electron chi connectivity index (χ1n) is 12.9. The van der Waals surface area contributed by atoms with E-state index in [2.05, 4.69) is 126 Å². The summed E-state index contributed by atoms with van der Waals surface area (Å²) in [5, 5.41) is 7.26.